The molecule has 34 heavy (non-hydrogen) atoms. The van der Waals surface area contributed by atoms with Gasteiger partial charge in [-0.1, -0.05) is 23.3 Å². The van der Waals surface area contributed by atoms with Crippen molar-refractivity contribution in [2.45, 2.75) is 24.3 Å². The number of aromatic nitrogens is 7. The van der Waals surface area contributed by atoms with Gasteiger partial charge >= 0.3 is 6.01 Å². The van der Waals surface area contributed by atoms with Crippen molar-refractivity contribution < 1.29 is 19.0 Å². The van der Waals surface area contributed by atoms with Crippen LogP contribution in [0, 0.1) is 0 Å². The van der Waals surface area contributed by atoms with E-state index >= 15 is 0 Å². The standard InChI is InChI=1S/C22H20N8O4/c31-21(14-4-2-1-3-5-14)25-17-10-32-20-18(11-33-19(17)20)30-22(26-27-28-30)34-16-8-6-15(7-9-16)29-13-23-12-24-29/h1-9,12-13,17-20H,10-11H2,(H,25,31)/t17-,18+,19-,20+/m1/s1. The lowest BCUT2D eigenvalue weighted by Gasteiger charge is -2.18. The molecule has 4 atom stereocenters. The summed E-state index contributed by atoms with van der Waals surface area (Å²) in [6, 6.07) is 16.0. The Morgan fingerprint density at radius 1 is 1.03 bits per heavy atom. The number of benzene rings is 2. The molecule has 1 N–H and O–H groups in total. The maximum atomic E-state index is 12.6. The van der Waals surface area contributed by atoms with Crippen molar-refractivity contribution in [1.29, 1.82) is 0 Å². The summed E-state index contributed by atoms with van der Waals surface area (Å²) in [5.74, 6) is 0.401. The largest absolute Gasteiger partial charge is 0.423 e. The van der Waals surface area contributed by atoms with Crippen molar-refractivity contribution in [3.05, 3.63) is 72.8 Å². The van der Waals surface area contributed by atoms with Crippen LogP contribution >= 0.6 is 0 Å². The minimum atomic E-state index is -0.318. The second kappa shape index (κ2) is 8.65. The van der Waals surface area contributed by atoms with E-state index in [-0.39, 0.29) is 36.2 Å². The Bertz CT molecular complexity index is 1260. The molecule has 0 unspecified atom stereocenters. The normalized spacial score (nSPS) is 23.5. The van der Waals surface area contributed by atoms with Crippen LogP contribution in [0.25, 0.3) is 5.69 Å². The first-order valence-electron chi connectivity index (χ1n) is 10.8. The van der Waals surface area contributed by atoms with E-state index in [0.29, 0.717) is 24.5 Å². The zero-order valence-electron chi connectivity index (χ0n) is 17.8. The molecule has 6 rings (SSSR count). The first-order valence-corrected chi connectivity index (χ1v) is 10.8. The lowest BCUT2D eigenvalue weighted by atomic mass is 10.1. The Balaban J connectivity index is 1.14. The van der Waals surface area contributed by atoms with E-state index in [1.54, 1.807) is 40.0 Å². The number of nitrogens with one attached hydrogen (secondary N) is 1. The second-order valence-electron chi connectivity index (χ2n) is 7.95. The van der Waals surface area contributed by atoms with Crippen LogP contribution in [-0.2, 0) is 9.47 Å². The first kappa shape index (κ1) is 20.4. The predicted octanol–water partition coefficient (Wildman–Crippen LogP) is 1.18. The zero-order valence-corrected chi connectivity index (χ0v) is 17.8. The highest BCUT2D eigenvalue weighted by atomic mass is 16.6. The third-order valence-electron chi connectivity index (χ3n) is 5.89. The van der Waals surface area contributed by atoms with E-state index in [9.17, 15) is 4.79 Å². The Kier molecular flexibility index (Phi) is 5.20. The van der Waals surface area contributed by atoms with Crippen molar-refractivity contribution in [3.63, 3.8) is 0 Å². The van der Waals surface area contributed by atoms with Gasteiger partial charge in [-0.2, -0.15) is 9.78 Å². The summed E-state index contributed by atoms with van der Waals surface area (Å²) in [6.45, 7) is 0.673. The number of fused-ring (bicyclic) bond motifs is 1. The summed E-state index contributed by atoms with van der Waals surface area (Å²) in [7, 11) is 0. The molecule has 172 valence electrons. The maximum Gasteiger partial charge on any atom is 0.341 e. The summed E-state index contributed by atoms with van der Waals surface area (Å²) in [4.78, 5) is 16.5. The van der Waals surface area contributed by atoms with E-state index < -0.39 is 0 Å². The number of nitrogens with zero attached hydrogens (tertiary/aromatic N) is 7. The monoisotopic (exact) mass is 460 g/mol. The molecule has 2 aliphatic heterocycles. The van der Waals surface area contributed by atoms with Gasteiger partial charge in [-0.3, -0.25) is 4.79 Å². The molecule has 0 aliphatic carbocycles. The fourth-order valence-corrected chi connectivity index (χ4v) is 4.23. The molecule has 2 saturated heterocycles. The number of carbonyl (C=O) groups is 1. The molecule has 0 spiro atoms. The quantitative estimate of drug-likeness (QED) is 0.451. The Hall–Kier alpha value is -4.16. The molecule has 2 aromatic heterocycles. The third kappa shape index (κ3) is 3.78. The average molecular weight is 460 g/mol. The minimum absolute atomic E-state index is 0.164. The highest BCUT2D eigenvalue weighted by molar-refractivity contribution is 5.94. The zero-order chi connectivity index (χ0) is 22.9. The van der Waals surface area contributed by atoms with Crippen molar-refractivity contribution >= 4 is 5.91 Å². The minimum Gasteiger partial charge on any atom is -0.423 e. The van der Waals surface area contributed by atoms with Gasteiger partial charge < -0.3 is 19.5 Å². The van der Waals surface area contributed by atoms with Crippen LogP contribution in [0.1, 0.15) is 16.4 Å². The number of tetrazole rings is 1. The molecule has 4 aromatic rings. The lowest BCUT2D eigenvalue weighted by molar-refractivity contribution is 0.0606. The van der Waals surface area contributed by atoms with Gasteiger partial charge in [0.25, 0.3) is 5.91 Å². The summed E-state index contributed by atoms with van der Waals surface area (Å²) in [5, 5.41) is 19.0. The Morgan fingerprint density at radius 2 is 1.85 bits per heavy atom. The Labute approximate surface area is 193 Å². The molecule has 2 aliphatic rings. The van der Waals surface area contributed by atoms with Crippen LogP contribution in [0.3, 0.4) is 0 Å². The highest BCUT2D eigenvalue weighted by Crippen LogP contribution is 2.36. The van der Waals surface area contributed by atoms with E-state index in [0.717, 1.165) is 5.69 Å². The van der Waals surface area contributed by atoms with E-state index in [4.69, 9.17) is 14.2 Å². The molecule has 4 heterocycles. The smallest absolute Gasteiger partial charge is 0.341 e. The van der Waals surface area contributed by atoms with Crippen LogP contribution < -0.4 is 10.1 Å². The fourth-order valence-electron chi connectivity index (χ4n) is 4.23. The average Bonchev–Trinajstić information content (AvgIpc) is 3.67. The number of hydrogen-bond acceptors (Lipinski definition) is 9. The molecular formula is C22H20N8O4. The Morgan fingerprint density at radius 3 is 2.65 bits per heavy atom. The van der Waals surface area contributed by atoms with Gasteiger partial charge in [-0.05, 0) is 46.8 Å². The van der Waals surface area contributed by atoms with Gasteiger partial charge in [0.15, 0.2) is 0 Å². The summed E-state index contributed by atoms with van der Waals surface area (Å²) in [6.07, 6.45) is 2.46. The molecule has 2 fully saturated rings. The van der Waals surface area contributed by atoms with Crippen LogP contribution in [0.2, 0.25) is 0 Å². The fraction of sp³-hybridized carbons (Fsp3) is 0.273. The predicted molar refractivity (Wildman–Crippen MR) is 115 cm³/mol. The number of carbonyl (C=O) groups excluding carboxylic acids is 1. The number of hydrogen-bond donors (Lipinski definition) is 1. The molecule has 0 radical (unpaired) electrons. The van der Waals surface area contributed by atoms with Crippen molar-refractivity contribution in [3.8, 4) is 17.4 Å². The van der Waals surface area contributed by atoms with Gasteiger partial charge in [0.1, 0.15) is 36.7 Å². The molecule has 0 saturated carbocycles. The van der Waals surface area contributed by atoms with E-state index in [1.165, 1.54) is 6.33 Å². The van der Waals surface area contributed by atoms with Crippen molar-refractivity contribution in [2.24, 2.45) is 0 Å². The van der Waals surface area contributed by atoms with Gasteiger partial charge in [-0.15, -0.1) is 0 Å². The summed E-state index contributed by atoms with van der Waals surface area (Å²) >= 11 is 0. The third-order valence-corrected chi connectivity index (χ3v) is 5.89. The SMILES string of the molecule is O=C(N[C@@H]1CO[C@@H]2[C@@H]1OC[C@@H]2n1nnnc1Oc1ccc(-n2cncn2)cc1)c1ccccc1. The van der Waals surface area contributed by atoms with Crippen LogP contribution in [0.15, 0.2) is 67.3 Å². The highest BCUT2D eigenvalue weighted by Gasteiger charge is 2.50. The van der Waals surface area contributed by atoms with Crippen molar-refractivity contribution in [1.82, 2.24) is 40.3 Å². The maximum absolute atomic E-state index is 12.6. The first-order chi connectivity index (χ1) is 16.8. The van der Waals surface area contributed by atoms with E-state index in [2.05, 4.69) is 30.9 Å². The van der Waals surface area contributed by atoms with Crippen LogP contribution in [0.5, 0.6) is 11.8 Å². The summed E-state index contributed by atoms with van der Waals surface area (Å²) in [5.41, 5.74) is 1.44. The van der Waals surface area contributed by atoms with Gasteiger partial charge in [0, 0.05) is 5.56 Å². The molecule has 12 heteroatoms. The van der Waals surface area contributed by atoms with Gasteiger partial charge in [0.2, 0.25) is 0 Å². The second-order valence-corrected chi connectivity index (χ2v) is 7.95. The van der Waals surface area contributed by atoms with Crippen LogP contribution in [0.4, 0.5) is 0 Å². The van der Waals surface area contributed by atoms with Crippen molar-refractivity contribution in [2.75, 3.05) is 13.2 Å². The number of amides is 1. The topological polar surface area (TPSA) is 131 Å². The molecule has 0 bridgehead atoms. The van der Waals surface area contributed by atoms with Gasteiger partial charge in [0.05, 0.1) is 24.9 Å². The molecule has 12 nitrogen and oxygen atoms in total. The molecule has 2 aromatic carbocycles. The van der Waals surface area contributed by atoms with Crippen LogP contribution in [-0.4, -0.2) is 72.3 Å². The summed E-state index contributed by atoms with van der Waals surface area (Å²) < 4.78 is 21.1. The van der Waals surface area contributed by atoms with Gasteiger partial charge in [-0.25, -0.2) is 9.67 Å². The number of rotatable bonds is 6. The number of ether oxygens (including phenoxy) is 3. The lowest BCUT2D eigenvalue weighted by Crippen LogP contribution is -2.44. The van der Waals surface area contributed by atoms with E-state index in [1.807, 2.05) is 30.3 Å². The molecule has 1 amide bonds. The molecular weight excluding hydrogens is 440 g/mol.